The number of nitrogens with zero attached hydrogens (tertiary/aromatic N) is 4. The SMILES string of the molecule is COc1cccc(CN2CCC[C@@H]2c2nnc(-c3nccc4ccccc34)o2)c1OC. The number of rotatable bonds is 6. The molecule has 31 heavy (non-hydrogen) atoms. The number of pyridine rings is 1. The highest BCUT2D eigenvalue weighted by molar-refractivity contribution is 5.92. The minimum absolute atomic E-state index is 0.0622. The number of para-hydroxylation sites is 1. The third-order valence-corrected chi connectivity index (χ3v) is 5.82. The number of methoxy groups -OCH3 is 2. The van der Waals surface area contributed by atoms with E-state index in [0.29, 0.717) is 11.8 Å². The molecule has 1 aliphatic heterocycles. The van der Waals surface area contributed by atoms with Crippen molar-refractivity contribution >= 4 is 10.8 Å². The maximum atomic E-state index is 6.15. The monoisotopic (exact) mass is 416 g/mol. The summed E-state index contributed by atoms with van der Waals surface area (Å²) < 4.78 is 17.2. The molecule has 158 valence electrons. The van der Waals surface area contributed by atoms with E-state index in [2.05, 4.69) is 32.2 Å². The fourth-order valence-electron chi connectivity index (χ4n) is 4.35. The van der Waals surface area contributed by atoms with Crippen molar-refractivity contribution in [1.29, 1.82) is 0 Å². The number of fused-ring (bicyclic) bond motifs is 1. The van der Waals surface area contributed by atoms with Gasteiger partial charge in [0.15, 0.2) is 11.5 Å². The van der Waals surface area contributed by atoms with Crippen molar-refractivity contribution in [2.24, 2.45) is 0 Å². The molecule has 0 N–H and O–H groups in total. The van der Waals surface area contributed by atoms with Crippen molar-refractivity contribution in [2.45, 2.75) is 25.4 Å². The summed E-state index contributed by atoms with van der Waals surface area (Å²) in [6, 6.07) is 16.1. The van der Waals surface area contributed by atoms with Crippen LogP contribution in [0.1, 0.15) is 30.3 Å². The molecule has 1 saturated heterocycles. The summed E-state index contributed by atoms with van der Waals surface area (Å²) in [5.74, 6) is 2.58. The lowest BCUT2D eigenvalue weighted by Gasteiger charge is -2.23. The molecule has 7 nitrogen and oxygen atoms in total. The molecule has 0 unspecified atom stereocenters. The van der Waals surface area contributed by atoms with E-state index in [1.165, 1.54) is 0 Å². The predicted octanol–water partition coefficient (Wildman–Crippen LogP) is 4.64. The fourth-order valence-corrected chi connectivity index (χ4v) is 4.35. The lowest BCUT2D eigenvalue weighted by atomic mass is 10.1. The van der Waals surface area contributed by atoms with Gasteiger partial charge in [0, 0.05) is 23.7 Å². The van der Waals surface area contributed by atoms with Crippen molar-refractivity contribution in [3.05, 3.63) is 66.2 Å². The summed E-state index contributed by atoms with van der Waals surface area (Å²) >= 11 is 0. The average molecular weight is 416 g/mol. The van der Waals surface area contributed by atoms with Crippen LogP contribution in [0, 0.1) is 0 Å². The zero-order valence-electron chi connectivity index (χ0n) is 17.6. The van der Waals surface area contributed by atoms with Gasteiger partial charge in [0.1, 0.15) is 5.69 Å². The lowest BCUT2D eigenvalue weighted by Crippen LogP contribution is -2.23. The van der Waals surface area contributed by atoms with E-state index < -0.39 is 0 Å². The molecular formula is C24H24N4O3. The van der Waals surface area contributed by atoms with Gasteiger partial charge in [-0.05, 0) is 36.9 Å². The zero-order chi connectivity index (χ0) is 21.2. The zero-order valence-corrected chi connectivity index (χ0v) is 17.6. The van der Waals surface area contributed by atoms with Crippen LogP contribution >= 0.6 is 0 Å². The van der Waals surface area contributed by atoms with Crippen LogP contribution in [-0.4, -0.2) is 40.8 Å². The Morgan fingerprint density at radius 3 is 2.81 bits per heavy atom. The van der Waals surface area contributed by atoms with E-state index in [9.17, 15) is 0 Å². The minimum Gasteiger partial charge on any atom is -0.493 e. The average Bonchev–Trinajstić information content (AvgIpc) is 3.48. The first-order valence-electron chi connectivity index (χ1n) is 10.4. The molecule has 4 aromatic rings. The summed E-state index contributed by atoms with van der Waals surface area (Å²) in [6.07, 6.45) is 3.82. The van der Waals surface area contributed by atoms with Gasteiger partial charge in [0.2, 0.25) is 5.89 Å². The topological polar surface area (TPSA) is 73.5 Å². The highest BCUT2D eigenvalue weighted by Crippen LogP contribution is 2.37. The summed E-state index contributed by atoms with van der Waals surface area (Å²) in [6.45, 7) is 1.67. The van der Waals surface area contributed by atoms with Crippen LogP contribution in [-0.2, 0) is 6.54 Å². The number of ether oxygens (including phenoxy) is 2. The van der Waals surface area contributed by atoms with Gasteiger partial charge in [-0.1, -0.05) is 36.4 Å². The molecular weight excluding hydrogens is 392 g/mol. The van der Waals surface area contributed by atoms with E-state index in [1.807, 2.05) is 36.4 Å². The highest BCUT2D eigenvalue weighted by atomic mass is 16.5. The van der Waals surface area contributed by atoms with Gasteiger partial charge in [-0.2, -0.15) is 0 Å². The molecule has 0 amide bonds. The van der Waals surface area contributed by atoms with E-state index in [-0.39, 0.29) is 6.04 Å². The first-order valence-corrected chi connectivity index (χ1v) is 10.4. The van der Waals surface area contributed by atoms with Gasteiger partial charge in [0.25, 0.3) is 5.89 Å². The Labute approximate surface area is 180 Å². The van der Waals surface area contributed by atoms with E-state index in [4.69, 9.17) is 13.9 Å². The van der Waals surface area contributed by atoms with E-state index >= 15 is 0 Å². The number of aromatic nitrogens is 3. The largest absolute Gasteiger partial charge is 0.493 e. The van der Waals surface area contributed by atoms with Crippen molar-refractivity contribution in [3.63, 3.8) is 0 Å². The number of likely N-dealkylation sites (tertiary alicyclic amines) is 1. The van der Waals surface area contributed by atoms with Crippen molar-refractivity contribution in [3.8, 4) is 23.1 Å². The van der Waals surface area contributed by atoms with Crippen molar-refractivity contribution in [1.82, 2.24) is 20.1 Å². The molecule has 2 aromatic carbocycles. The van der Waals surface area contributed by atoms with Gasteiger partial charge in [-0.3, -0.25) is 9.88 Å². The Balaban J connectivity index is 1.43. The Bertz CT molecular complexity index is 1200. The molecule has 2 aromatic heterocycles. The Kier molecular flexibility index (Phi) is 5.26. The van der Waals surface area contributed by atoms with Crippen LogP contribution in [0.5, 0.6) is 11.5 Å². The Morgan fingerprint density at radius 1 is 1.03 bits per heavy atom. The Hall–Kier alpha value is -3.45. The van der Waals surface area contributed by atoms with Gasteiger partial charge in [0.05, 0.1) is 20.3 Å². The number of hydrogen-bond acceptors (Lipinski definition) is 7. The van der Waals surface area contributed by atoms with Gasteiger partial charge in [-0.15, -0.1) is 10.2 Å². The molecule has 0 radical (unpaired) electrons. The summed E-state index contributed by atoms with van der Waals surface area (Å²) in [7, 11) is 3.33. The quantitative estimate of drug-likeness (QED) is 0.453. The van der Waals surface area contributed by atoms with E-state index in [0.717, 1.165) is 59.5 Å². The maximum Gasteiger partial charge on any atom is 0.266 e. The normalized spacial score (nSPS) is 16.6. The lowest BCUT2D eigenvalue weighted by molar-refractivity contribution is 0.212. The predicted molar refractivity (Wildman–Crippen MR) is 117 cm³/mol. The van der Waals surface area contributed by atoms with Crippen LogP contribution in [0.4, 0.5) is 0 Å². The molecule has 7 heteroatoms. The second-order valence-corrected chi connectivity index (χ2v) is 7.61. The molecule has 0 saturated carbocycles. The first-order chi connectivity index (χ1) is 15.3. The second kappa shape index (κ2) is 8.35. The maximum absolute atomic E-state index is 6.15. The third kappa shape index (κ3) is 3.61. The van der Waals surface area contributed by atoms with Crippen LogP contribution in [0.3, 0.4) is 0 Å². The third-order valence-electron chi connectivity index (χ3n) is 5.82. The fraction of sp³-hybridized carbons (Fsp3) is 0.292. The minimum atomic E-state index is 0.0622. The first kappa shape index (κ1) is 19.5. The number of hydrogen-bond donors (Lipinski definition) is 0. The summed E-state index contributed by atoms with van der Waals surface area (Å²) in [4.78, 5) is 6.86. The molecule has 0 bridgehead atoms. The van der Waals surface area contributed by atoms with Crippen molar-refractivity contribution < 1.29 is 13.9 Å². The van der Waals surface area contributed by atoms with Crippen LogP contribution in [0.15, 0.2) is 59.1 Å². The highest BCUT2D eigenvalue weighted by Gasteiger charge is 2.31. The van der Waals surface area contributed by atoms with Crippen LogP contribution in [0.2, 0.25) is 0 Å². The van der Waals surface area contributed by atoms with Gasteiger partial charge < -0.3 is 13.9 Å². The van der Waals surface area contributed by atoms with Crippen molar-refractivity contribution in [2.75, 3.05) is 20.8 Å². The Morgan fingerprint density at radius 2 is 1.94 bits per heavy atom. The smallest absolute Gasteiger partial charge is 0.266 e. The number of benzene rings is 2. The standard InChI is InChI=1S/C24H24N4O3/c1-29-20-11-5-8-17(22(20)30-2)15-28-14-6-10-19(28)23-26-27-24(31-23)21-18-9-4-3-7-16(18)12-13-25-21/h3-5,7-9,11-13,19H,6,10,14-15H2,1-2H3/t19-/m1/s1. The molecule has 0 aliphatic carbocycles. The molecule has 5 rings (SSSR count). The van der Waals surface area contributed by atoms with E-state index in [1.54, 1.807) is 20.4 Å². The van der Waals surface area contributed by atoms with Crippen LogP contribution < -0.4 is 9.47 Å². The molecule has 1 fully saturated rings. The molecule has 0 spiro atoms. The summed E-state index contributed by atoms with van der Waals surface area (Å²) in [5.41, 5.74) is 1.79. The van der Waals surface area contributed by atoms with Crippen LogP contribution in [0.25, 0.3) is 22.4 Å². The molecule has 3 heterocycles. The van der Waals surface area contributed by atoms with Gasteiger partial charge >= 0.3 is 0 Å². The van der Waals surface area contributed by atoms with Gasteiger partial charge in [-0.25, -0.2) is 0 Å². The second-order valence-electron chi connectivity index (χ2n) is 7.61. The molecule has 1 atom stereocenters. The summed E-state index contributed by atoms with van der Waals surface area (Å²) in [5, 5.41) is 10.8. The molecule has 1 aliphatic rings.